The SMILES string of the molecule is CCNC(C)c1cccc(F)c1OCCOC(C)C. The molecule has 0 aromatic heterocycles. The average Bonchev–Trinajstić information content (AvgIpc) is 2.36. The van der Waals surface area contributed by atoms with Crippen LogP contribution in [0.2, 0.25) is 0 Å². The predicted molar refractivity (Wildman–Crippen MR) is 75.1 cm³/mol. The first kappa shape index (κ1) is 15.9. The normalized spacial score (nSPS) is 12.7. The van der Waals surface area contributed by atoms with Crippen LogP contribution in [0.15, 0.2) is 18.2 Å². The van der Waals surface area contributed by atoms with Crippen LogP contribution in [0.4, 0.5) is 4.39 Å². The van der Waals surface area contributed by atoms with Crippen molar-refractivity contribution in [2.45, 2.75) is 39.8 Å². The average molecular weight is 269 g/mol. The van der Waals surface area contributed by atoms with E-state index in [1.165, 1.54) is 6.07 Å². The van der Waals surface area contributed by atoms with Gasteiger partial charge in [0, 0.05) is 11.6 Å². The molecule has 1 N–H and O–H groups in total. The molecule has 0 aliphatic heterocycles. The van der Waals surface area contributed by atoms with Crippen molar-refractivity contribution < 1.29 is 13.9 Å². The lowest BCUT2D eigenvalue weighted by Gasteiger charge is -2.18. The molecule has 1 unspecified atom stereocenters. The molecule has 0 saturated heterocycles. The topological polar surface area (TPSA) is 30.5 Å². The van der Waals surface area contributed by atoms with Gasteiger partial charge in [-0.3, -0.25) is 0 Å². The minimum absolute atomic E-state index is 0.0571. The number of nitrogens with one attached hydrogen (secondary N) is 1. The highest BCUT2D eigenvalue weighted by Gasteiger charge is 2.14. The summed E-state index contributed by atoms with van der Waals surface area (Å²) in [6.45, 7) is 9.58. The van der Waals surface area contributed by atoms with Gasteiger partial charge in [0.1, 0.15) is 6.61 Å². The van der Waals surface area contributed by atoms with Crippen molar-refractivity contribution in [3.63, 3.8) is 0 Å². The fourth-order valence-electron chi connectivity index (χ4n) is 1.86. The maximum atomic E-state index is 13.8. The second kappa shape index (κ2) is 8.12. The molecule has 1 aromatic rings. The Morgan fingerprint density at radius 3 is 2.58 bits per heavy atom. The zero-order valence-electron chi connectivity index (χ0n) is 12.2. The second-order valence-electron chi connectivity index (χ2n) is 4.71. The molecule has 4 heteroatoms. The summed E-state index contributed by atoms with van der Waals surface area (Å²) in [5.74, 6) is -0.00453. The van der Waals surface area contributed by atoms with Gasteiger partial charge >= 0.3 is 0 Å². The summed E-state index contributed by atoms with van der Waals surface area (Å²) in [4.78, 5) is 0. The maximum Gasteiger partial charge on any atom is 0.165 e. The predicted octanol–water partition coefficient (Wildman–Crippen LogP) is 3.30. The van der Waals surface area contributed by atoms with Crippen LogP contribution in [0.1, 0.15) is 39.3 Å². The van der Waals surface area contributed by atoms with E-state index in [0.29, 0.717) is 19.0 Å². The van der Waals surface area contributed by atoms with E-state index in [1.807, 2.05) is 33.8 Å². The molecule has 1 aromatic carbocycles. The molecule has 108 valence electrons. The van der Waals surface area contributed by atoms with Crippen LogP contribution in [0.5, 0.6) is 5.75 Å². The molecule has 0 bridgehead atoms. The summed E-state index contributed by atoms with van der Waals surface area (Å²) in [5, 5.41) is 3.26. The molecule has 0 saturated carbocycles. The fourth-order valence-corrected chi connectivity index (χ4v) is 1.86. The third-order valence-electron chi connectivity index (χ3n) is 2.76. The largest absolute Gasteiger partial charge is 0.488 e. The van der Waals surface area contributed by atoms with Crippen molar-refractivity contribution in [1.29, 1.82) is 0 Å². The molecular weight excluding hydrogens is 245 g/mol. The summed E-state index contributed by atoms with van der Waals surface area (Å²) < 4.78 is 24.8. The highest BCUT2D eigenvalue weighted by atomic mass is 19.1. The van der Waals surface area contributed by atoms with Crippen LogP contribution < -0.4 is 10.1 Å². The van der Waals surface area contributed by atoms with Crippen molar-refractivity contribution in [1.82, 2.24) is 5.32 Å². The third-order valence-corrected chi connectivity index (χ3v) is 2.76. The Hall–Kier alpha value is -1.13. The zero-order chi connectivity index (χ0) is 14.3. The van der Waals surface area contributed by atoms with E-state index in [2.05, 4.69) is 5.32 Å². The molecule has 3 nitrogen and oxygen atoms in total. The first-order chi connectivity index (χ1) is 9.06. The van der Waals surface area contributed by atoms with Gasteiger partial charge in [-0.1, -0.05) is 19.1 Å². The Morgan fingerprint density at radius 2 is 1.95 bits per heavy atom. The lowest BCUT2D eigenvalue weighted by Crippen LogP contribution is -2.20. The maximum absolute atomic E-state index is 13.8. The van der Waals surface area contributed by atoms with Crippen molar-refractivity contribution >= 4 is 0 Å². The number of para-hydroxylation sites is 1. The Bertz CT molecular complexity index is 382. The Balaban J connectivity index is 2.69. The first-order valence-electron chi connectivity index (χ1n) is 6.82. The van der Waals surface area contributed by atoms with Gasteiger partial charge < -0.3 is 14.8 Å². The summed E-state index contributed by atoms with van der Waals surface area (Å²) in [6.07, 6.45) is 0.157. The van der Waals surface area contributed by atoms with Gasteiger partial charge in [0.15, 0.2) is 11.6 Å². The molecule has 0 amide bonds. The van der Waals surface area contributed by atoms with E-state index in [4.69, 9.17) is 9.47 Å². The number of hydrogen-bond donors (Lipinski definition) is 1. The smallest absolute Gasteiger partial charge is 0.165 e. The van der Waals surface area contributed by atoms with Gasteiger partial charge in [-0.15, -0.1) is 0 Å². The van der Waals surface area contributed by atoms with Crippen LogP contribution >= 0.6 is 0 Å². The Morgan fingerprint density at radius 1 is 1.21 bits per heavy atom. The summed E-state index contributed by atoms with van der Waals surface area (Å²) in [6, 6.07) is 5.06. The molecule has 0 radical (unpaired) electrons. The second-order valence-corrected chi connectivity index (χ2v) is 4.71. The van der Waals surface area contributed by atoms with Crippen LogP contribution in [0, 0.1) is 5.82 Å². The van der Waals surface area contributed by atoms with Crippen molar-refractivity contribution in [3.05, 3.63) is 29.6 Å². The van der Waals surface area contributed by atoms with E-state index >= 15 is 0 Å². The van der Waals surface area contributed by atoms with Gasteiger partial charge in [0.05, 0.1) is 12.7 Å². The number of hydrogen-bond acceptors (Lipinski definition) is 3. The molecule has 19 heavy (non-hydrogen) atoms. The minimum Gasteiger partial charge on any atom is -0.488 e. The summed E-state index contributed by atoms with van der Waals surface area (Å²) in [5.41, 5.74) is 0.839. The van der Waals surface area contributed by atoms with Gasteiger partial charge in [-0.25, -0.2) is 4.39 Å². The van der Waals surface area contributed by atoms with Crippen LogP contribution in [-0.4, -0.2) is 25.9 Å². The Labute approximate surface area is 115 Å². The molecule has 0 aliphatic carbocycles. The first-order valence-corrected chi connectivity index (χ1v) is 6.82. The van der Waals surface area contributed by atoms with Gasteiger partial charge in [0.25, 0.3) is 0 Å². The van der Waals surface area contributed by atoms with Gasteiger partial charge in [-0.2, -0.15) is 0 Å². The molecule has 1 atom stereocenters. The lowest BCUT2D eigenvalue weighted by atomic mass is 10.1. The summed E-state index contributed by atoms with van der Waals surface area (Å²) >= 11 is 0. The van der Waals surface area contributed by atoms with Gasteiger partial charge in [-0.05, 0) is 33.4 Å². The standard InChI is InChI=1S/C15H24FNO2/c1-5-17-12(4)13-7-6-8-14(16)15(13)19-10-9-18-11(2)3/h6-8,11-12,17H,5,9-10H2,1-4H3. The Kier molecular flexibility index (Phi) is 6.81. The van der Waals surface area contributed by atoms with Crippen LogP contribution in [0.25, 0.3) is 0 Å². The highest BCUT2D eigenvalue weighted by Crippen LogP contribution is 2.28. The van der Waals surface area contributed by atoms with Crippen LogP contribution in [0.3, 0.4) is 0 Å². The summed E-state index contributed by atoms with van der Waals surface area (Å²) in [7, 11) is 0. The lowest BCUT2D eigenvalue weighted by molar-refractivity contribution is 0.0541. The molecule has 0 fully saturated rings. The minimum atomic E-state index is -0.327. The molecule has 0 heterocycles. The zero-order valence-corrected chi connectivity index (χ0v) is 12.2. The van der Waals surface area contributed by atoms with Crippen LogP contribution in [-0.2, 0) is 4.74 Å². The monoisotopic (exact) mass is 269 g/mol. The fraction of sp³-hybridized carbons (Fsp3) is 0.600. The van der Waals surface area contributed by atoms with E-state index in [-0.39, 0.29) is 18.0 Å². The molecule has 1 rings (SSSR count). The molecule has 0 aliphatic rings. The van der Waals surface area contributed by atoms with Crippen molar-refractivity contribution in [2.75, 3.05) is 19.8 Å². The van der Waals surface area contributed by atoms with E-state index in [9.17, 15) is 4.39 Å². The van der Waals surface area contributed by atoms with E-state index < -0.39 is 0 Å². The van der Waals surface area contributed by atoms with Gasteiger partial charge in [0.2, 0.25) is 0 Å². The number of rotatable bonds is 8. The van der Waals surface area contributed by atoms with Crippen molar-refractivity contribution in [3.8, 4) is 5.75 Å². The number of halogens is 1. The quantitative estimate of drug-likeness (QED) is 0.735. The van der Waals surface area contributed by atoms with E-state index in [0.717, 1.165) is 12.1 Å². The highest BCUT2D eigenvalue weighted by molar-refractivity contribution is 5.37. The van der Waals surface area contributed by atoms with Crippen molar-refractivity contribution in [2.24, 2.45) is 0 Å². The number of ether oxygens (including phenoxy) is 2. The third kappa shape index (κ3) is 5.17. The number of benzene rings is 1. The molecule has 0 spiro atoms. The van der Waals surface area contributed by atoms with E-state index in [1.54, 1.807) is 6.07 Å². The molecular formula is C15H24FNO2.